The highest BCUT2D eigenvalue weighted by Gasteiger charge is 2.13. The van der Waals surface area contributed by atoms with Gasteiger partial charge in [-0.15, -0.1) is 0 Å². The topological polar surface area (TPSA) is 61.8 Å². The van der Waals surface area contributed by atoms with E-state index in [0.29, 0.717) is 0 Å². The first kappa shape index (κ1) is 6.73. The van der Waals surface area contributed by atoms with Crippen LogP contribution < -0.4 is 5.43 Å². The van der Waals surface area contributed by atoms with Gasteiger partial charge in [0.15, 0.2) is 5.78 Å². The summed E-state index contributed by atoms with van der Waals surface area (Å²) >= 11 is 0. The quantitative estimate of drug-likeness (QED) is 0.480. The number of carbonyl (C=O) groups excluding carboxylic acids is 2. The molecular formula is C5H7N3O2. The molecule has 5 heteroatoms. The molecule has 10 heavy (non-hydrogen) atoms. The number of rotatable bonds is 0. The summed E-state index contributed by atoms with van der Waals surface area (Å²) in [6.45, 7) is 0.0926. The number of Topliss-reactive ketones (excluding diaryl/α,β-unsaturated/α-hetero) is 1. The van der Waals surface area contributed by atoms with E-state index in [0.717, 1.165) is 6.21 Å². The number of hydrogen-bond donors (Lipinski definition) is 1. The first-order chi connectivity index (χ1) is 4.70. The van der Waals surface area contributed by atoms with Crippen molar-refractivity contribution in [2.75, 3.05) is 13.6 Å². The summed E-state index contributed by atoms with van der Waals surface area (Å²) in [7, 11) is 1.53. The molecule has 0 aromatic rings. The zero-order chi connectivity index (χ0) is 7.56. The molecular weight excluding hydrogens is 134 g/mol. The summed E-state index contributed by atoms with van der Waals surface area (Å²) in [6, 6.07) is -0.359. The van der Waals surface area contributed by atoms with Crippen LogP contribution in [-0.2, 0) is 4.79 Å². The fourth-order valence-electron chi connectivity index (χ4n) is 0.591. The SMILES string of the molecule is CN1CC(=O)C=NNC1=O. The Balaban J connectivity index is 2.69. The second kappa shape index (κ2) is 2.47. The first-order valence-electron chi connectivity index (χ1n) is 2.77. The molecule has 0 unspecified atom stereocenters. The lowest BCUT2D eigenvalue weighted by Gasteiger charge is -2.10. The summed E-state index contributed by atoms with van der Waals surface area (Å²) in [5, 5.41) is 3.37. The summed E-state index contributed by atoms with van der Waals surface area (Å²) in [6.07, 6.45) is 1.10. The summed E-state index contributed by atoms with van der Waals surface area (Å²) in [5.74, 6) is -0.180. The lowest BCUT2D eigenvalue weighted by Crippen LogP contribution is -2.35. The lowest BCUT2D eigenvalue weighted by atomic mass is 10.4. The van der Waals surface area contributed by atoms with Gasteiger partial charge in [-0.25, -0.2) is 10.2 Å². The highest BCUT2D eigenvalue weighted by atomic mass is 16.2. The maximum atomic E-state index is 10.7. The van der Waals surface area contributed by atoms with Crippen molar-refractivity contribution in [1.29, 1.82) is 0 Å². The molecule has 0 atom stereocenters. The van der Waals surface area contributed by atoms with E-state index in [4.69, 9.17) is 0 Å². The Hall–Kier alpha value is -1.39. The minimum Gasteiger partial charge on any atom is -0.319 e. The number of hydrogen-bond acceptors (Lipinski definition) is 3. The van der Waals surface area contributed by atoms with Crippen molar-refractivity contribution in [3.63, 3.8) is 0 Å². The van der Waals surface area contributed by atoms with Crippen LogP contribution in [0.4, 0.5) is 4.79 Å². The van der Waals surface area contributed by atoms with Gasteiger partial charge in [-0.05, 0) is 0 Å². The Kier molecular flexibility index (Phi) is 1.66. The van der Waals surface area contributed by atoms with Crippen LogP contribution >= 0.6 is 0 Å². The highest BCUT2D eigenvalue weighted by Crippen LogP contribution is 1.87. The van der Waals surface area contributed by atoms with Crippen LogP contribution in [0.5, 0.6) is 0 Å². The number of nitrogens with zero attached hydrogens (tertiary/aromatic N) is 2. The standard InChI is InChI=1S/C5H7N3O2/c1-8-3-4(9)2-6-7-5(8)10/h2H,3H2,1H3,(H,7,10). The predicted molar refractivity (Wildman–Crippen MR) is 34.7 cm³/mol. The van der Waals surface area contributed by atoms with Gasteiger partial charge in [0.25, 0.3) is 0 Å². The fourth-order valence-corrected chi connectivity index (χ4v) is 0.591. The zero-order valence-electron chi connectivity index (χ0n) is 5.50. The van der Waals surface area contributed by atoms with E-state index in [-0.39, 0.29) is 18.4 Å². The molecule has 1 rings (SSSR count). The van der Waals surface area contributed by atoms with Gasteiger partial charge in [-0.1, -0.05) is 0 Å². The molecule has 0 spiro atoms. The molecule has 1 aliphatic rings. The smallest absolute Gasteiger partial charge is 0.319 e. The van der Waals surface area contributed by atoms with Gasteiger partial charge in [0.05, 0.1) is 12.8 Å². The highest BCUT2D eigenvalue weighted by molar-refractivity contribution is 6.29. The van der Waals surface area contributed by atoms with E-state index >= 15 is 0 Å². The Morgan fingerprint density at radius 2 is 2.40 bits per heavy atom. The van der Waals surface area contributed by atoms with Crippen molar-refractivity contribution in [2.45, 2.75) is 0 Å². The van der Waals surface area contributed by atoms with Crippen LogP contribution in [0.1, 0.15) is 0 Å². The van der Waals surface area contributed by atoms with Crippen LogP contribution in [0.25, 0.3) is 0 Å². The Morgan fingerprint density at radius 1 is 1.70 bits per heavy atom. The molecule has 0 bridgehead atoms. The molecule has 0 aromatic heterocycles. The molecule has 2 amide bonds. The van der Waals surface area contributed by atoms with Gasteiger partial charge in [-0.2, -0.15) is 5.10 Å². The van der Waals surface area contributed by atoms with Crippen LogP contribution in [0.15, 0.2) is 5.10 Å². The number of nitrogens with one attached hydrogen (secondary N) is 1. The normalized spacial score (nSPS) is 18.7. The Labute approximate surface area is 57.7 Å². The number of likely N-dealkylation sites (N-methyl/N-ethyl adjacent to an activating group) is 1. The van der Waals surface area contributed by atoms with Gasteiger partial charge in [0.1, 0.15) is 0 Å². The summed E-state index contributed by atoms with van der Waals surface area (Å²) < 4.78 is 0. The predicted octanol–water partition coefficient (Wildman–Crippen LogP) is -0.804. The van der Waals surface area contributed by atoms with Crippen molar-refractivity contribution in [2.24, 2.45) is 5.10 Å². The minimum atomic E-state index is -0.359. The molecule has 0 aliphatic carbocycles. The monoisotopic (exact) mass is 141 g/mol. The Bertz CT molecular complexity index is 199. The Morgan fingerprint density at radius 3 is 3.10 bits per heavy atom. The molecule has 1 N–H and O–H groups in total. The molecule has 0 aromatic carbocycles. The fraction of sp³-hybridized carbons (Fsp3) is 0.400. The second-order valence-electron chi connectivity index (χ2n) is 2.00. The molecule has 1 aliphatic heterocycles. The van der Waals surface area contributed by atoms with Crippen molar-refractivity contribution in [3.05, 3.63) is 0 Å². The average Bonchev–Trinajstić information content (AvgIpc) is 1.96. The minimum absolute atomic E-state index is 0.0926. The van der Waals surface area contributed by atoms with Crippen LogP contribution in [0.2, 0.25) is 0 Å². The maximum absolute atomic E-state index is 10.7. The van der Waals surface area contributed by atoms with E-state index in [2.05, 4.69) is 10.5 Å². The number of hydrazone groups is 1. The largest absolute Gasteiger partial charge is 0.337 e. The molecule has 5 nitrogen and oxygen atoms in total. The molecule has 0 radical (unpaired) electrons. The van der Waals surface area contributed by atoms with E-state index in [9.17, 15) is 9.59 Å². The van der Waals surface area contributed by atoms with Gasteiger partial charge in [0.2, 0.25) is 0 Å². The average molecular weight is 141 g/mol. The van der Waals surface area contributed by atoms with E-state index in [1.165, 1.54) is 11.9 Å². The summed E-state index contributed by atoms with van der Waals surface area (Å²) in [5.41, 5.74) is 2.16. The number of urea groups is 1. The molecule has 1 heterocycles. The third kappa shape index (κ3) is 1.31. The number of amides is 2. The second-order valence-corrected chi connectivity index (χ2v) is 2.00. The molecule has 0 saturated carbocycles. The maximum Gasteiger partial charge on any atom is 0.337 e. The third-order valence-electron chi connectivity index (χ3n) is 1.11. The van der Waals surface area contributed by atoms with Crippen LogP contribution in [0, 0.1) is 0 Å². The number of carbonyl (C=O) groups is 2. The lowest BCUT2D eigenvalue weighted by molar-refractivity contribution is -0.112. The molecule has 0 saturated heterocycles. The van der Waals surface area contributed by atoms with Crippen molar-refractivity contribution in [1.82, 2.24) is 10.3 Å². The van der Waals surface area contributed by atoms with E-state index < -0.39 is 0 Å². The van der Waals surface area contributed by atoms with Gasteiger partial charge in [-0.3, -0.25) is 4.79 Å². The van der Waals surface area contributed by atoms with Gasteiger partial charge < -0.3 is 4.90 Å². The number of ketones is 1. The molecule has 54 valence electrons. The first-order valence-corrected chi connectivity index (χ1v) is 2.77. The van der Waals surface area contributed by atoms with Crippen molar-refractivity contribution >= 4 is 18.0 Å². The van der Waals surface area contributed by atoms with Crippen molar-refractivity contribution in [3.8, 4) is 0 Å². The van der Waals surface area contributed by atoms with Crippen LogP contribution in [0.3, 0.4) is 0 Å². The molecule has 0 fully saturated rings. The van der Waals surface area contributed by atoms with E-state index in [1.54, 1.807) is 0 Å². The third-order valence-corrected chi connectivity index (χ3v) is 1.11. The van der Waals surface area contributed by atoms with Crippen molar-refractivity contribution < 1.29 is 9.59 Å². The van der Waals surface area contributed by atoms with Crippen LogP contribution in [-0.4, -0.2) is 36.5 Å². The van der Waals surface area contributed by atoms with Gasteiger partial charge in [0, 0.05) is 7.05 Å². The van der Waals surface area contributed by atoms with Gasteiger partial charge >= 0.3 is 6.03 Å². The summed E-state index contributed by atoms with van der Waals surface area (Å²) in [4.78, 5) is 22.6. The zero-order valence-corrected chi connectivity index (χ0v) is 5.50. The van der Waals surface area contributed by atoms with E-state index in [1.807, 2.05) is 0 Å².